The summed E-state index contributed by atoms with van der Waals surface area (Å²) in [4.78, 5) is 28.7. The fraction of sp³-hybridized carbons (Fsp3) is 0.696. The second-order valence-corrected chi connectivity index (χ2v) is 9.38. The van der Waals surface area contributed by atoms with Crippen molar-refractivity contribution in [1.82, 2.24) is 26.5 Å². The number of aliphatic hydroxyl groups is 1. The molecule has 10 heteroatoms. The molecule has 2 saturated carbocycles. The van der Waals surface area contributed by atoms with Crippen molar-refractivity contribution < 1.29 is 24.2 Å². The van der Waals surface area contributed by atoms with Crippen LogP contribution >= 0.6 is 0 Å². The zero-order valence-electron chi connectivity index (χ0n) is 19.1. The molecule has 5 N–H and O–H groups in total. The Labute approximate surface area is 194 Å². The summed E-state index contributed by atoms with van der Waals surface area (Å²) < 4.78 is 10.8. The van der Waals surface area contributed by atoms with Gasteiger partial charge in [-0.3, -0.25) is 10.2 Å². The highest BCUT2D eigenvalue weighted by atomic mass is 16.6. The Hall–Kier alpha value is -2.43. The molecule has 0 aromatic carbocycles. The van der Waals surface area contributed by atoms with Crippen LogP contribution in [-0.4, -0.2) is 59.7 Å². The van der Waals surface area contributed by atoms with Gasteiger partial charge in [0.2, 0.25) is 11.8 Å². The maximum absolute atomic E-state index is 12.4. The summed E-state index contributed by atoms with van der Waals surface area (Å²) in [6.07, 6.45) is 7.53. The summed E-state index contributed by atoms with van der Waals surface area (Å²) in [5, 5.41) is 15.6. The van der Waals surface area contributed by atoms with E-state index in [1.165, 1.54) is 0 Å². The fourth-order valence-corrected chi connectivity index (χ4v) is 5.11. The molecule has 2 amide bonds. The second kappa shape index (κ2) is 11.1. The Morgan fingerprint density at radius 2 is 1.94 bits per heavy atom. The topological polar surface area (TPSA) is 134 Å². The zero-order valence-corrected chi connectivity index (χ0v) is 19.1. The summed E-state index contributed by atoms with van der Waals surface area (Å²) in [6.45, 7) is 0. The predicted molar refractivity (Wildman–Crippen MR) is 120 cm³/mol. The first kappa shape index (κ1) is 23.7. The van der Waals surface area contributed by atoms with Crippen molar-refractivity contribution in [3.8, 4) is 5.88 Å². The quantitative estimate of drug-likeness (QED) is 0.408. The number of aliphatic hydroxyl groups excluding tert-OH is 1. The molecule has 4 atom stereocenters. The van der Waals surface area contributed by atoms with E-state index in [4.69, 9.17) is 9.47 Å². The van der Waals surface area contributed by atoms with Gasteiger partial charge in [0.05, 0.1) is 25.8 Å². The Balaban J connectivity index is 1.16. The molecule has 0 spiro atoms. The summed E-state index contributed by atoms with van der Waals surface area (Å²) in [5.74, 6) is 0.805. The molecule has 2 unspecified atom stereocenters. The molecule has 1 saturated heterocycles. The van der Waals surface area contributed by atoms with Gasteiger partial charge in [0.15, 0.2) is 0 Å². The maximum atomic E-state index is 12.4. The summed E-state index contributed by atoms with van der Waals surface area (Å²) in [5.41, 5.74) is 7.33. The van der Waals surface area contributed by atoms with Crippen molar-refractivity contribution in [2.75, 3.05) is 7.11 Å². The summed E-state index contributed by atoms with van der Waals surface area (Å²) in [7, 11) is 1.55. The van der Waals surface area contributed by atoms with Crippen LogP contribution in [0.4, 0.5) is 4.79 Å². The molecule has 182 valence electrons. The average molecular weight is 462 g/mol. The van der Waals surface area contributed by atoms with Gasteiger partial charge in [-0.05, 0) is 68.9 Å². The molecule has 2 heterocycles. The summed E-state index contributed by atoms with van der Waals surface area (Å²) in [6, 6.07) is 3.87. The van der Waals surface area contributed by atoms with Gasteiger partial charge in [-0.2, -0.15) is 0 Å². The minimum Gasteiger partial charge on any atom is -0.481 e. The van der Waals surface area contributed by atoms with E-state index in [2.05, 4.69) is 26.5 Å². The number of alkyl carbamates (subject to hydrolysis) is 1. The molecular weight excluding hydrogens is 426 g/mol. The number of methoxy groups -OCH3 is 1. The number of hydrogen-bond donors (Lipinski definition) is 5. The first-order valence-electron chi connectivity index (χ1n) is 11.9. The van der Waals surface area contributed by atoms with Crippen molar-refractivity contribution in [3.05, 3.63) is 23.9 Å². The predicted octanol–water partition coefficient (Wildman–Crippen LogP) is 1.14. The minimum absolute atomic E-state index is 0.0669. The highest BCUT2D eigenvalue weighted by Crippen LogP contribution is 2.33. The Kier molecular flexibility index (Phi) is 8.00. The van der Waals surface area contributed by atoms with Crippen molar-refractivity contribution in [1.29, 1.82) is 0 Å². The van der Waals surface area contributed by atoms with Gasteiger partial charge in [-0.25, -0.2) is 15.2 Å². The van der Waals surface area contributed by atoms with E-state index < -0.39 is 0 Å². The number of aromatic nitrogens is 1. The molecule has 4 rings (SSSR count). The average Bonchev–Trinajstić information content (AvgIpc) is 3.45. The number of hydrazine groups is 1. The normalized spacial score (nSPS) is 31.7. The number of rotatable bonds is 7. The third kappa shape index (κ3) is 6.78. The monoisotopic (exact) mass is 461 g/mol. The maximum Gasteiger partial charge on any atom is 0.407 e. The van der Waals surface area contributed by atoms with Crippen molar-refractivity contribution in [3.63, 3.8) is 0 Å². The number of amides is 2. The van der Waals surface area contributed by atoms with Crippen LogP contribution in [-0.2, 0) is 16.0 Å². The third-order valence-electron chi connectivity index (χ3n) is 6.93. The molecule has 1 aromatic rings. The molecule has 2 aliphatic carbocycles. The van der Waals surface area contributed by atoms with Crippen molar-refractivity contribution in [2.45, 2.75) is 88.2 Å². The molecule has 3 aliphatic rings. The molecule has 0 bridgehead atoms. The molecule has 1 aliphatic heterocycles. The first-order valence-corrected chi connectivity index (χ1v) is 11.9. The Bertz CT molecular complexity index is 816. The van der Waals surface area contributed by atoms with Crippen LogP contribution in [0.15, 0.2) is 18.3 Å². The summed E-state index contributed by atoms with van der Waals surface area (Å²) >= 11 is 0. The molecule has 10 nitrogen and oxygen atoms in total. The standard InChI is InChI=1S/C23H35N5O5/c1-32-22-11-14(8-9-24-22)10-21(30)26-20-13-19(27-28-20)15-2-7-18(12-15)33-23(31)25-16-3-5-17(29)6-4-16/h8-9,11,15-20,27-29H,2-7,10,12-13H2,1H3,(H,25,31)(H,26,30)/t15-,16?,17?,18+,19?,20?/m1/s1. The number of carbonyl (C=O) groups excluding carboxylic acids is 2. The smallest absolute Gasteiger partial charge is 0.407 e. The van der Waals surface area contributed by atoms with Gasteiger partial charge in [-0.15, -0.1) is 0 Å². The lowest BCUT2D eigenvalue weighted by Crippen LogP contribution is -2.45. The van der Waals surface area contributed by atoms with Crippen LogP contribution < -0.4 is 26.2 Å². The van der Waals surface area contributed by atoms with E-state index in [9.17, 15) is 14.7 Å². The second-order valence-electron chi connectivity index (χ2n) is 9.38. The zero-order chi connectivity index (χ0) is 23.2. The molecule has 33 heavy (non-hydrogen) atoms. The van der Waals surface area contributed by atoms with E-state index in [0.717, 1.165) is 56.9 Å². The Morgan fingerprint density at radius 1 is 1.12 bits per heavy atom. The van der Waals surface area contributed by atoms with E-state index in [1.54, 1.807) is 25.4 Å². The SMILES string of the molecule is COc1cc(CC(=O)NC2CC([C@@H]3CC[C@H](OC(=O)NC4CCC(O)CC4)C3)NN2)ccn1. The van der Waals surface area contributed by atoms with Gasteiger partial charge in [-0.1, -0.05) is 0 Å². The van der Waals surface area contributed by atoms with Gasteiger partial charge in [0, 0.05) is 24.3 Å². The van der Waals surface area contributed by atoms with Crippen molar-refractivity contribution >= 4 is 12.0 Å². The third-order valence-corrected chi connectivity index (χ3v) is 6.93. The molecule has 3 fully saturated rings. The number of nitrogens with one attached hydrogen (secondary N) is 4. The number of nitrogens with zero attached hydrogens (tertiary/aromatic N) is 1. The van der Waals surface area contributed by atoms with Crippen molar-refractivity contribution in [2.24, 2.45) is 5.92 Å². The molecular formula is C23H35N5O5. The van der Waals surface area contributed by atoms with Crippen LogP contribution in [0.5, 0.6) is 5.88 Å². The van der Waals surface area contributed by atoms with Gasteiger partial charge in [0.1, 0.15) is 6.10 Å². The number of pyridine rings is 1. The van der Waals surface area contributed by atoms with E-state index in [0.29, 0.717) is 11.8 Å². The lowest BCUT2D eigenvalue weighted by atomic mass is 9.93. The van der Waals surface area contributed by atoms with Crippen LogP contribution in [0.3, 0.4) is 0 Å². The fourth-order valence-electron chi connectivity index (χ4n) is 5.11. The highest BCUT2D eigenvalue weighted by Gasteiger charge is 2.37. The van der Waals surface area contributed by atoms with E-state index >= 15 is 0 Å². The van der Waals surface area contributed by atoms with E-state index in [-0.39, 0.29) is 48.9 Å². The molecule has 0 radical (unpaired) electrons. The van der Waals surface area contributed by atoms with Crippen LogP contribution in [0.1, 0.15) is 56.9 Å². The van der Waals surface area contributed by atoms with Crippen LogP contribution in [0, 0.1) is 5.92 Å². The van der Waals surface area contributed by atoms with Gasteiger partial charge in [0.25, 0.3) is 0 Å². The van der Waals surface area contributed by atoms with Crippen LogP contribution in [0.25, 0.3) is 0 Å². The van der Waals surface area contributed by atoms with Gasteiger partial charge >= 0.3 is 6.09 Å². The minimum atomic E-state index is -0.350. The first-order chi connectivity index (χ1) is 16.0. The highest BCUT2D eigenvalue weighted by molar-refractivity contribution is 5.78. The lowest BCUT2D eigenvalue weighted by molar-refractivity contribution is -0.121. The van der Waals surface area contributed by atoms with E-state index in [1.807, 2.05) is 0 Å². The number of ether oxygens (including phenoxy) is 2. The lowest BCUT2D eigenvalue weighted by Gasteiger charge is -2.26. The molecule has 1 aromatic heterocycles. The number of hydrogen-bond acceptors (Lipinski definition) is 8. The van der Waals surface area contributed by atoms with Crippen LogP contribution in [0.2, 0.25) is 0 Å². The Morgan fingerprint density at radius 3 is 2.73 bits per heavy atom. The van der Waals surface area contributed by atoms with Gasteiger partial charge < -0.3 is 25.2 Å². The number of carbonyl (C=O) groups is 2. The largest absolute Gasteiger partial charge is 0.481 e.